The molecule has 7 heteroatoms. The van der Waals surface area contributed by atoms with E-state index in [0.717, 1.165) is 28.3 Å². The fourth-order valence-electron chi connectivity index (χ4n) is 2.55. The van der Waals surface area contributed by atoms with Gasteiger partial charge in [0, 0.05) is 18.2 Å². The maximum absolute atomic E-state index is 6.06. The highest BCUT2D eigenvalue weighted by Gasteiger charge is 2.21. The zero-order valence-electron chi connectivity index (χ0n) is 13.4. The topological polar surface area (TPSA) is 72.5 Å². The molecule has 0 amide bonds. The number of hydrogen-bond donors (Lipinski definition) is 2. The Bertz CT molecular complexity index is 710. The summed E-state index contributed by atoms with van der Waals surface area (Å²) in [7, 11) is 0. The van der Waals surface area contributed by atoms with Crippen LogP contribution in [0.2, 0.25) is 0 Å². The first-order valence-corrected chi connectivity index (χ1v) is 8.76. The van der Waals surface area contributed by atoms with Crippen molar-refractivity contribution < 1.29 is 4.74 Å². The van der Waals surface area contributed by atoms with Crippen molar-refractivity contribution in [3.63, 3.8) is 0 Å². The Balaban J connectivity index is 0.00000208. The summed E-state index contributed by atoms with van der Waals surface area (Å²) < 4.78 is 5.66. The van der Waals surface area contributed by atoms with Crippen molar-refractivity contribution in [1.29, 1.82) is 0 Å². The van der Waals surface area contributed by atoms with Crippen LogP contribution in [-0.2, 0) is 6.54 Å². The number of benzene rings is 1. The van der Waals surface area contributed by atoms with Crippen molar-refractivity contribution in [2.75, 3.05) is 12.9 Å². The SMILES string of the molecule is CSc1cc(CN=C(N)NC2CCOc3ccccc32)ccn1.I. The Morgan fingerprint density at radius 2 is 2.25 bits per heavy atom. The lowest BCUT2D eigenvalue weighted by molar-refractivity contribution is 0.262. The van der Waals surface area contributed by atoms with Gasteiger partial charge in [0.05, 0.1) is 24.2 Å². The predicted molar refractivity (Wildman–Crippen MR) is 109 cm³/mol. The van der Waals surface area contributed by atoms with Crippen molar-refractivity contribution in [2.45, 2.75) is 24.0 Å². The third kappa shape index (κ3) is 4.76. The zero-order valence-corrected chi connectivity index (χ0v) is 16.6. The minimum absolute atomic E-state index is 0. The van der Waals surface area contributed by atoms with Gasteiger partial charge in [-0.25, -0.2) is 9.98 Å². The van der Waals surface area contributed by atoms with Crippen molar-refractivity contribution >= 4 is 41.7 Å². The number of nitrogens with one attached hydrogen (secondary N) is 1. The Morgan fingerprint density at radius 1 is 1.42 bits per heavy atom. The van der Waals surface area contributed by atoms with E-state index in [9.17, 15) is 0 Å². The summed E-state index contributed by atoms with van der Waals surface area (Å²) in [6.07, 6.45) is 4.68. The molecule has 2 heterocycles. The van der Waals surface area contributed by atoms with Crippen LogP contribution in [0.15, 0.2) is 52.6 Å². The number of aromatic nitrogens is 1. The van der Waals surface area contributed by atoms with Crippen LogP contribution in [0.25, 0.3) is 0 Å². The van der Waals surface area contributed by atoms with Crippen LogP contribution in [0.3, 0.4) is 0 Å². The van der Waals surface area contributed by atoms with Crippen LogP contribution in [0.5, 0.6) is 5.75 Å². The van der Waals surface area contributed by atoms with Gasteiger partial charge in [-0.2, -0.15) is 0 Å². The van der Waals surface area contributed by atoms with E-state index in [1.54, 1.807) is 18.0 Å². The van der Waals surface area contributed by atoms with Gasteiger partial charge < -0.3 is 15.8 Å². The second-order valence-electron chi connectivity index (χ2n) is 5.28. The molecule has 2 aromatic rings. The fourth-order valence-corrected chi connectivity index (χ4v) is 2.99. The molecule has 3 N–H and O–H groups in total. The second-order valence-corrected chi connectivity index (χ2v) is 6.11. The molecule has 128 valence electrons. The first kappa shape index (κ1) is 18.9. The van der Waals surface area contributed by atoms with E-state index in [2.05, 4.69) is 21.4 Å². The Morgan fingerprint density at radius 3 is 3.08 bits per heavy atom. The standard InChI is InChI=1S/C17H20N4OS.HI/c1-23-16-10-12(6-8-19-16)11-20-17(18)21-14-7-9-22-15-5-3-2-4-13(14)15;/h2-6,8,10,14H,7,9,11H2,1H3,(H3,18,20,21);1H. The van der Waals surface area contributed by atoms with Crippen LogP contribution in [0, 0.1) is 0 Å². The van der Waals surface area contributed by atoms with Gasteiger partial charge in [-0.15, -0.1) is 35.7 Å². The summed E-state index contributed by atoms with van der Waals surface area (Å²) in [5.41, 5.74) is 8.29. The number of fused-ring (bicyclic) bond motifs is 1. The first-order valence-electron chi connectivity index (χ1n) is 7.53. The summed E-state index contributed by atoms with van der Waals surface area (Å²) in [4.78, 5) is 8.70. The third-order valence-electron chi connectivity index (χ3n) is 3.72. The molecule has 0 saturated carbocycles. The molecule has 0 saturated heterocycles. The van der Waals surface area contributed by atoms with Gasteiger partial charge in [-0.1, -0.05) is 18.2 Å². The quantitative estimate of drug-likeness (QED) is 0.320. The van der Waals surface area contributed by atoms with Gasteiger partial charge in [0.25, 0.3) is 0 Å². The monoisotopic (exact) mass is 456 g/mol. The number of nitrogens with zero attached hydrogens (tertiary/aromatic N) is 2. The van der Waals surface area contributed by atoms with Crippen LogP contribution in [-0.4, -0.2) is 23.8 Å². The molecule has 0 aliphatic carbocycles. The van der Waals surface area contributed by atoms with Crippen molar-refractivity contribution in [2.24, 2.45) is 10.7 Å². The molecule has 1 aliphatic heterocycles. The Kier molecular flexibility index (Phi) is 7.16. The number of para-hydroxylation sites is 1. The van der Waals surface area contributed by atoms with E-state index in [1.807, 2.05) is 36.6 Å². The third-order valence-corrected chi connectivity index (χ3v) is 4.36. The first-order chi connectivity index (χ1) is 11.3. The van der Waals surface area contributed by atoms with Crippen LogP contribution in [0.4, 0.5) is 0 Å². The zero-order chi connectivity index (χ0) is 16.1. The Hall–Kier alpha value is -1.48. The molecule has 24 heavy (non-hydrogen) atoms. The molecule has 0 spiro atoms. The lowest BCUT2D eigenvalue weighted by Gasteiger charge is -2.26. The molecule has 0 radical (unpaired) electrons. The summed E-state index contributed by atoms with van der Waals surface area (Å²) in [5, 5.41) is 4.29. The molecule has 1 aliphatic rings. The van der Waals surface area contributed by atoms with Crippen molar-refractivity contribution in [3.05, 3.63) is 53.7 Å². The van der Waals surface area contributed by atoms with Gasteiger partial charge in [-0.3, -0.25) is 0 Å². The largest absolute Gasteiger partial charge is 0.493 e. The molecule has 1 aromatic heterocycles. The number of halogens is 1. The number of pyridine rings is 1. The number of ether oxygens (including phenoxy) is 1. The minimum Gasteiger partial charge on any atom is -0.493 e. The number of rotatable bonds is 4. The number of hydrogen-bond acceptors (Lipinski definition) is 4. The maximum atomic E-state index is 6.06. The highest BCUT2D eigenvalue weighted by atomic mass is 127. The van der Waals surface area contributed by atoms with Gasteiger partial charge in [0.2, 0.25) is 0 Å². The lowest BCUT2D eigenvalue weighted by atomic mass is 10.0. The molecule has 1 unspecified atom stereocenters. The van der Waals surface area contributed by atoms with E-state index in [0.29, 0.717) is 19.1 Å². The number of guanidine groups is 1. The normalized spacial score (nSPS) is 16.5. The van der Waals surface area contributed by atoms with E-state index < -0.39 is 0 Å². The fraction of sp³-hybridized carbons (Fsp3) is 0.294. The molecular formula is C17H21IN4OS. The summed E-state index contributed by atoms with van der Waals surface area (Å²) in [5.74, 6) is 1.37. The number of aliphatic imine (C=N–C) groups is 1. The minimum atomic E-state index is 0. The average molecular weight is 456 g/mol. The molecule has 1 aromatic carbocycles. The summed E-state index contributed by atoms with van der Waals surface area (Å²) in [6.45, 7) is 1.23. The summed E-state index contributed by atoms with van der Waals surface area (Å²) >= 11 is 1.62. The highest BCUT2D eigenvalue weighted by Crippen LogP contribution is 2.31. The molecule has 1 atom stereocenters. The van der Waals surface area contributed by atoms with Crippen LogP contribution >= 0.6 is 35.7 Å². The van der Waals surface area contributed by atoms with Crippen LogP contribution < -0.4 is 15.8 Å². The maximum Gasteiger partial charge on any atom is 0.189 e. The van der Waals surface area contributed by atoms with Crippen LogP contribution in [0.1, 0.15) is 23.6 Å². The van der Waals surface area contributed by atoms with E-state index in [4.69, 9.17) is 10.5 Å². The smallest absolute Gasteiger partial charge is 0.189 e. The molecule has 0 bridgehead atoms. The number of nitrogens with two attached hydrogens (primary N) is 1. The van der Waals surface area contributed by atoms with Crippen molar-refractivity contribution in [1.82, 2.24) is 10.3 Å². The molecular weight excluding hydrogens is 435 g/mol. The number of thioether (sulfide) groups is 1. The average Bonchev–Trinajstić information content (AvgIpc) is 2.60. The van der Waals surface area contributed by atoms with Gasteiger partial charge in [0.1, 0.15) is 5.75 Å². The van der Waals surface area contributed by atoms with Gasteiger partial charge in [-0.05, 0) is 30.0 Å². The van der Waals surface area contributed by atoms with Gasteiger partial charge in [0.15, 0.2) is 5.96 Å². The molecule has 3 rings (SSSR count). The lowest BCUT2D eigenvalue weighted by Crippen LogP contribution is -2.37. The molecule has 5 nitrogen and oxygen atoms in total. The molecule has 0 fully saturated rings. The van der Waals surface area contributed by atoms with E-state index in [-0.39, 0.29) is 30.0 Å². The van der Waals surface area contributed by atoms with Crippen molar-refractivity contribution in [3.8, 4) is 5.75 Å². The summed E-state index contributed by atoms with van der Waals surface area (Å²) in [6, 6.07) is 12.2. The van der Waals surface area contributed by atoms with Gasteiger partial charge >= 0.3 is 0 Å². The Labute approximate surface area is 163 Å². The highest BCUT2D eigenvalue weighted by molar-refractivity contribution is 14.0. The van der Waals surface area contributed by atoms with E-state index in [1.165, 1.54) is 0 Å². The second kappa shape index (κ2) is 9.12. The predicted octanol–water partition coefficient (Wildman–Crippen LogP) is 3.35. The van der Waals surface area contributed by atoms with E-state index >= 15 is 0 Å².